The third kappa shape index (κ3) is 1.07. The normalized spacial score (nSPS) is 19.7. The molecule has 0 saturated carbocycles. The van der Waals surface area contributed by atoms with E-state index in [-0.39, 0.29) is 0 Å². The molecule has 0 radical (unpaired) electrons. The Balaban J connectivity index is 2.63. The zero-order valence-electron chi connectivity index (χ0n) is 6.52. The molecular weight excluding hydrogens is 112 g/mol. The van der Waals surface area contributed by atoms with E-state index in [0.29, 0.717) is 0 Å². The summed E-state index contributed by atoms with van der Waals surface area (Å²) < 4.78 is 2.30. The first-order valence-corrected chi connectivity index (χ1v) is 3.55. The van der Waals surface area contributed by atoms with Gasteiger partial charge in [-0.3, -0.25) is 9.48 Å². The molecule has 0 saturated heterocycles. The average molecular weight is 127 g/mol. The first kappa shape index (κ1) is 6.59. The van der Waals surface area contributed by atoms with Crippen molar-refractivity contribution in [1.29, 1.82) is 0 Å². The zero-order valence-corrected chi connectivity index (χ0v) is 6.52. The summed E-state index contributed by atoms with van der Waals surface area (Å²) in [5, 5.41) is 0. The Labute approximate surface area is 56.8 Å². The highest BCUT2D eigenvalue weighted by Crippen LogP contribution is 1.97. The molecule has 1 aliphatic heterocycles. The van der Waals surface area contributed by atoms with Gasteiger partial charge in [-0.25, -0.2) is 0 Å². The Bertz CT molecular complexity index is 138. The molecule has 0 fully saturated rings. The van der Waals surface area contributed by atoms with Crippen LogP contribution in [0.5, 0.6) is 0 Å². The topological polar surface area (TPSA) is 6.25 Å². The maximum atomic E-state index is 2.39. The molecule has 0 aromatic carbocycles. The number of hydrogen-bond donors (Lipinski definition) is 0. The molecule has 0 aliphatic carbocycles. The molecule has 0 atom stereocenters. The van der Waals surface area contributed by atoms with Crippen LogP contribution in [-0.4, -0.2) is 42.0 Å². The van der Waals surface area contributed by atoms with E-state index in [4.69, 9.17) is 0 Å². The van der Waals surface area contributed by atoms with E-state index >= 15 is 0 Å². The molecule has 0 spiro atoms. The van der Waals surface area contributed by atoms with E-state index in [1.54, 1.807) is 0 Å². The van der Waals surface area contributed by atoms with Gasteiger partial charge in [0.25, 0.3) is 0 Å². The van der Waals surface area contributed by atoms with E-state index in [1.165, 1.54) is 18.9 Å². The van der Waals surface area contributed by atoms with Crippen molar-refractivity contribution in [2.24, 2.45) is 0 Å². The number of amidine groups is 1. The van der Waals surface area contributed by atoms with Crippen molar-refractivity contribution >= 4 is 5.84 Å². The van der Waals surface area contributed by atoms with E-state index in [9.17, 15) is 0 Å². The molecule has 0 aromatic rings. The number of rotatable bonds is 1. The van der Waals surface area contributed by atoms with Crippen molar-refractivity contribution in [1.82, 2.24) is 4.90 Å². The summed E-state index contributed by atoms with van der Waals surface area (Å²) in [6.07, 6.45) is 0. The third-order valence-electron chi connectivity index (χ3n) is 2.10. The van der Waals surface area contributed by atoms with Crippen LogP contribution in [0.2, 0.25) is 0 Å². The lowest BCUT2D eigenvalue weighted by atomic mass is 10.5. The van der Waals surface area contributed by atoms with Gasteiger partial charge in [0.2, 0.25) is 5.84 Å². The van der Waals surface area contributed by atoms with Crippen molar-refractivity contribution in [3.8, 4) is 0 Å². The van der Waals surface area contributed by atoms with Crippen molar-refractivity contribution in [3.05, 3.63) is 0 Å². The first-order valence-electron chi connectivity index (χ1n) is 3.55. The highest BCUT2D eigenvalue weighted by atomic mass is 15.3. The smallest absolute Gasteiger partial charge is 0.243 e. The highest BCUT2D eigenvalue weighted by Gasteiger charge is 2.21. The molecular formula is C7H15N2+. The molecule has 0 bridgehead atoms. The van der Waals surface area contributed by atoms with Gasteiger partial charge in [0, 0.05) is 6.92 Å². The molecule has 2 nitrogen and oxygen atoms in total. The molecule has 0 unspecified atom stereocenters. The fourth-order valence-corrected chi connectivity index (χ4v) is 1.22. The van der Waals surface area contributed by atoms with Crippen LogP contribution >= 0.6 is 0 Å². The van der Waals surface area contributed by atoms with E-state index < -0.39 is 0 Å². The minimum atomic E-state index is 1.15. The Morgan fingerprint density at radius 1 is 1.67 bits per heavy atom. The van der Waals surface area contributed by atoms with E-state index in [1.807, 2.05) is 0 Å². The maximum absolute atomic E-state index is 2.39. The quantitative estimate of drug-likeness (QED) is 0.462. The second kappa shape index (κ2) is 2.38. The summed E-state index contributed by atoms with van der Waals surface area (Å²) in [6, 6.07) is 0. The van der Waals surface area contributed by atoms with E-state index in [0.717, 1.165) is 6.54 Å². The van der Waals surface area contributed by atoms with Crippen molar-refractivity contribution in [2.45, 2.75) is 13.8 Å². The van der Waals surface area contributed by atoms with Crippen LogP contribution in [0.3, 0.4) is 0 Å². The molecule has 1 aliphatic rings. The molecule has 52 valence electrons. The number of hydrogen-bond acceptors (Lipinski definition) is 1. The van der Waals surface area contributed by atoms with Gasteiger partial charge in [0.05, 0.1) is 13.6 Å². The predicted molar refractivity (Wildman–Crippen MR) is 39.0 cm³/mol. The van der Waals surface area contributed by atoms with Crippen molar-refractivity contribution in [2.75, 3.05) is 26.7 Å². The van der Waals surface area contributed by atoms with Crippen LogP contribution in [0, 0.1) is 0 Å². The minimum Gasteiger partial charge on any atom is -0.265 e. The summed E-state index contributed by atoms with van der Waals surface area (Å²) >= 11 is 0. The van der Waals surface area contributed by atoms with Crippen molar-refractivity contribution < 1.29 is 4.58 Å². The summed E-state index contributed by atoms with van der Waals surface area (Å²) in [7, 11) is 2.14. The largest absolute Gasteiger partial charge is 0.265 e. The predicted octanol–water partition coefficient (Wildman–Crippen LogP) is 0.383. The van der Waals surface area contributed by atoms with Crippen LogP contribution in [0.4, 0.5) is 0 Å². The van der Waals surface area contributed by atoms with Crippen LogP contribution in [0.1, 0.15) is 13.8 Å². The Hall–Kier alpha value is -0.530. The van der Waals surface area contributed by atoms with Crippen LogP contribution in [0.15, 0.2) is 0 Å². The van der Waals surface area contributed by atoms with Gasteiger partial charge in [-0.2, -0.15) is 0 Å². The minimum absolute atomic E-state index is 1.15. The van der Waals surface area contributed by atoms with E-state index in [2.05, 4.69) is 30.4 Å². The Kier molecular flexibility index (Phi) is 1.74. The zero-order chi connectivity index (χ0) is 6.85. The lowest BCUT2D eigenvalue weighted by molar-refractivity contribution is -0.487. The Morgan fingerprint density at radius 2 is 2.33 bits per heavy atom. The van der Waals surface area contributed by atoms with Crippen LogP contribution in [0.25, 0.3) is 0 Å². The second-order valence-corrected chi connectivity index (χ2v) is 2.55. The summed E-state index contributed by atoms with van der Waals surface area (Å²) in [5.41, 5.74) is 0. The lowest BCUT2D eigenvalue weighted by Crippen LogP contribution is -2.25. The molecule has 9 heavy (non-hydrogen) atoms. The maximum Gasteiger partial charge on any atom is 0.243 e. The molecule has 1 rings (SSSR count). The van der Waals surface area contributed by atoms with Gasteiger partial charge in [-0.05, 0) is 6.92 Å². The summed E-state index contributed by atoms with van der Waals surface area (Å²) in [4.78, 5) is 2.39. The van der Waals surface area contributed by atoms with Crippen LogP contribution < -0.4 is 0 Å². The SMILES string of the molecule is CCN1CC[N+](C)=C1C. The number of nitrogens with zero attached hydrogens (tertiary/aromatic N) is 2. The van der Waals surface area contributed by atoms with Gasteiger partial charge < -0.3 is 0 Å². The Morgan fingerprint density at radius 3 is 2.56 bits per heavy atom. The molecule has 2 heteroatoms. The summed E-state index contributed by atoms with van der Waals surface area (Å²) in [5.74, 6) is 1.41. The first-order chi connectivity index (χ1) is 4.25. The number of likely N-dealkylation sites (N-methyl/N-ethyl adjacent to an activating group) is 2. The second-order valence-electron chi connectivity index (χ2n) is 2.55. The van der Waals surface area contributed by atoms with Gasteiger partial charge in [0.15, 0.2) is 0 Å². The molecule has 1 heterocycles. The monoisotopic (exact) mass is 127 g/mol. The standard InChI is InChI=1S/C7H15N2/c1-4-9-6-5-8(3)7(9)2/h4-6H2,1-3H3/q+1. The van der Waals surface area contributed by atoms with Crippen LogP contribution in [-0.2, 0) is 0 Å². The fraction of sp³-hybridized carbons (Fsp3) is 0.857. The van der Waals surface area contributed by atoms with Gasteiger partial charge in [-0.15, -0.1) is 0 Å². The van der Waals surface area contributed by atoms with Gasteiger partial charge in [-0.1, -0.05) is 0 Å². The van der Waals surface area contributed by atoms with Gasteiger partial charge in [0.1, 0.15) is 13.1 Å². The molecule has 0 N–H and O–H groups in total. The lowest BCUT2D eigenvalue weighted by Gasteiger charge is -2.04. The molecule has 0 amide bonds. The average Bonchev–Trinajstić information content (AvgIpc) is 2.15. The van der Waals surface area contributed by atoms with Crippen molar-refractivity contribution in [3.63, 3.8) is 0 Å². The fourth-order valence-electron chi connectivity index (χ4n) is 1.22. The highest BCUT2D eigenvalue weighted by molar-refractivity contribution is 5.75. The van der Waals surface area contributed by atoms with Gasteiger partial charge >= 0.3 is 0 Å². The molecule has 0 aromatic heterocycles. The summed E-state index contributed by atoms with van der Waals surface area (Å²) in [6.45, 7) is 7.92. The third-order valence-corrected chi connectivity index (χ3v) is 2.10.